The van der Waals surface area contributed by atoms with Crippen LogP contribution in [0.15, 0.2) is 60.9 Å². The summed E-state index contributed by atoms with van der Waals surface area (Å²) in [5.74, 6) is -0.241. The fourth-order valence-corrected chi connectivity index (χ4v) is 3.03. The van der Waals surface area contributed by atoms with Gasteiger partial charge in [-0.2, -0.15) is 0 Å². The number of aromatic nitrogens is 2. The van der Waals surface area contributed by atoms with E-state index < -0.39 is 11.7 Å². The average Bonchev–Trinajstić information content (AvgIpc) is 3.20. The Morgan fingerprint density at radius 3 is 2.72 bits per heavy atom. The molecule has 2 N–H and O–H groups in total. The van der Waals surface area contributed by atoms with Gasteiger partial charge >= 0.3 is 0 Å². The van der Waals surface area contributed by atoms with Crippen molar-refractivity contribution in [1.29, 1.82) is 0 Å². The summed E-state index contributed by atoms with van der Waals surface area (Å²) >= 11 is 5.96. The summed E-state index contributed by atoms with van der Waals surface area (Å²) in [5.41, 5.74) is 1.15. The summed E-state index contributed by atoms with van der Waals surface area (Å²) in [6, 6.07) is 12.3. The number of methoxy groups -OCH3 is 1. The molecule has 2 aromatic carbocycles. The number of carbonyl (C=O) groups excluding carboxylic acids is 1. The van der Waals surface area contributed by atoms with Crippen LogP contribution >= 0.6 is 11.6 Å². The molecule has 0 bridgehead atoms. The fraction of sp³-hybridized carbons (Fsp3) is 0.0476. The summed E-state index contributed by atoms with van der Waals surface area (Å²) in [4.78, 5) is 19.7. The first-order chi connectivity index (χ1) is 14.0. The van der Waals surface area contributed by atoms with Gasteiger partial charge in [0.05, 0.1) is 18.1 Å². The highest BCUT2D eigenvalue weighted by atomic mass is 35.5. The Morgan fingerprint density at radius 2 is 1.93 bits per heavy atom. The van der Waals surface area contributed by atoms with E-state index in [1.807, 2.05) is 0 Å². The van der Waals surface area contributed by atoms with Gasteiger partial charge in [-0.25, -0.2) is 9.37 Å². The normalized spacial score (nSPS) is 10.7. The van der Waals surface area contributed by atoms with Crippen LogP contribution in [0.4, 0.5) is 10.1 Å². The smallest absolute Gasteiger partial charge is 0.259 e. The van der Waals surface area contributed by atoms with Crippen LogP contribution in [0.1, 0.15) is 10.4 Å². The van der Waals surface area contributed by atoms with E-state index in [4.69, 9.17) is 21.1 Å². The van der Waals surface area contributed by atoms with E-state index >= 15 is 0 Å². The van der Waals surface area contributed by atoms with Crippen molar-refractivity contribution in [2.24, 2.45) is 0 Å². The van der Waals surface area contributed by atoms with Crippen LogP contribution in [-0.2, 0) is 0 Å². The number of ether oxygens (including phenoxy) is 2. The molecule has 0 spiro atoms. The number of H-pyrrole nitrogens is 1. The molecule has 2 heterocycles. The zero-order chi connectivity index (χ0) is 20.4. The standard InChI is InChI=1S/C21H15ClFN3O3/c1-28-17-4-2-12(22)10-15(17)21(27)26-13-3-5-19(16(23)11-13)29-18-7-9-25-20-14(18)6-8-24-20/h2-11H,1H3,(H,24,25)(H,26,27). The number of pyridine rings is 1. The number of amides is 1. The lowest BCUT2D eigenvalue weighted by atomic mass is 10.1. The van der Waals surface area contributed by atoms with Crippen LogP contribution in [0.2, 0.25) is 5.02 Å². The van der Waals surface area contributed by atoms with Crippen LogP contribution in [-0.4, -0.2) is 23.0 Å². The Morgan fingerprint density at radius 1 is 1.10 bits per heavy atom. The van der Waals surface area contributed by atoms with Crippen LogP contribution in [0.3, 0.4) is 0 Å². The van der Waals surface area contributed by atoms with E-state index in [9.17, 15) is 9.18 Å². The minimum atomic E-state index is -0.624. The molecule has 0 saturated carbocycles. The first-order valence-electron chi connectivity index (χ1n) is 8.59. The molecule has 8 heteroatoms. The number of hydrogen-bond acceptors (Lipinski definition) is 4. The largest absolute Gasteiger partial charge is 0.496 e. The molecule has 6 nitrogen and oxygen atoms in total. The quantitative estimate of drug-likeness (QED) is 0.460. The highest BCUT2D eigenvalue weighted by molar-refractivity contribution is 6.31. The second-order valence-corrected chi connectivity index (χ2v) is 6.53. The molecule has 0 aliphatic carbocycles. The molecule has 0 saturated heterocycles. The number of hydrogen-bond donors (Lipinski definition) is 2. The van der Waals surface area contributed by atoms with Crippen molar-refractivity contribution < 1.29 is 18.7 Å². The first kappa shape index (κ1) is 18.8. The Bertz CT molecular complexity index is 1210. The van der Waals surface area contributed by atoms with E-state index in [0.717, 1.165) is 5.39 Å². The number of carbonyl (C=O) groups is 1. The van der Waals surface area contributed by atoms with Gasteiger partial charge in [0.1, 0.15) is 17.1 Å². The maximum Gasteiger partial charge on any atom is 0.259 e. The number of aromatic amines is 1. The lowest BCUT2D eigenvalue weighted by molar-refractivity contribution is 0.102. The van der Waals surface area contributed by atoms with Crippen LogP contribution in [0.5, 0.6) is 17.2 Å². The van der Waals surface area contributed by atoms with E-state index in [1.54, 1.807) is 42.7 Å². The summed E-state index contributed by atoms with van der Waals surface area (Å²) in [5, 5.41) is 3.75. The lowest BCUT2D eigenvalue weighted by Crippen LogP contribution is -2.13. The Kier molecular flexibility index (Phi) is 5.05. The summed E-state index contributed by atoms with van der Waals surface area (Å²) in [6.45, 7) is 0. The Hall–Kier alpha value is -3.58. The molecular weight excluding hydrogens is 397 g/mol. The molecule has 4 rings (SSSR count). The predicted molar refractivity (Wildman–Crippen MR) is 109 cm³/mol. The van der Waals surface area contributed by atoms with E-state index in [2.05, 4.69) is 15.3 Å². The van der Waals surface area contributed by atoms with E-state index in [1.165, 1.54) is 25.3 Å². The van der Waals surface area contributed by atoms with Gasteiger partial charge in [0.25, 0.3) is 5.91 Å². The molecule has 0 atom stereocenters. The van der Waals surface area contributed by atoms with Crippen molar-refractivity contribution in [3.05, 3.63) is 77.3 Å². The second-order valence-electron chi connectivity index (χ2n) is 6.10. The minimum Gasteiger partial charge on any atom is -0.496 e. The topological polar surface area (TPSA) is 76.2 Å². The molecule has 1 amide bonds. The maximum atomic E-state index is 14.6. The van der Waals surface area contributed by atoms with E-state index in [-0.39, 0.29) is 17.0 Å². The highest BCUT2D eigenvalue weighted by Gasteiger charge is 2.15. The van der Waals surface area contributed by atoms with Crippen LogP contribution in [0.25, 0.3) is 11.0 Å². The molecule has 2 aromatic heterocycles. The third-order valence-electron chi connectivity index (χ3n) is 4.24. The van der Waals surface area contributed by atoms with Gasteiger partial charge in [-0.1, -0.05) is 11.6 Å². The first-order valence-corrected chi connectivity index (χ1v) is 8.97. The monoisotopic (exact) mass is 411 g/mol. The number of benzene rings is 2. The number of nitrogens with zero attached hydrogens (tertiary/aromatic N) is 1. The summed E-state index contributed by atoms with van der Waals surface area (Å²) in [7, 11) is 1.45. The molecule has 0 aliphatic heterocycles. The number of fused-ring (bicyclic) bond motifs is 1. The van der Waals surface area contributed by atoms with Crippen molar-refractivity contribution in [3.63, 3.8) is 0 Å². The SMILES string of the molecule is COc1ccc(Cl)cc1C(=O)Nc1ccc(Oc2ccnc3[nH]ccc23)c(F)c1. The molecule has 29 heavy (non-hydrogen) atoms. The molecule has 0 radical (unpaired) electrons. The van der Waals surface area contributed by atoms with Crippen LogP contribution in [0, 0.1) is 5.82 Å². The second kappa shape index (κ2) is 7.81. The van der Waals surface area contributed by atoms with Gasteiger partial charge in [0, 0.05) is 29.2 Å². The third-order valence-corrected chi connectivity index (χ3v) is 4.47. The Labute approximate surface area is 170 Å². The fourth-order valence-electron chi connectivity index (χ4n) is 2.86. The van der Waals surface area contributed by atoms with Crippen molar-refractivity contribution in [3.8, 4) is 17.2 Å². The number of anilines is 1. The van der Waals surface area contributed by atoms with Crippen molar-refractivity contribution >= 4 is 34.2 Å². The number of nitrogens with one attached hydrogen (secondary N) is 2. The summed E-state index contributed by atoms with van der Waals surface area (Å²) in [6.07, 6.45) is 3.29. The molecule has 146 valence electrons. The molecule has 4 aromatic rings. The van der Waals surface area contributed by atoms with Crippen molar-refractivity contribution in [1.82, 2.24) is 9.97 Å². The zero-order valence-electron chi connectivity index (χ0n) is 15.2. The molecule has 0 aliphatic rings. The average molecular weight is 412 g/mol. The van der Waals surface area contributed by atoms with Gasteiger partial charge in [0.2, 0.25) is 0 Å². The molecular formula is C21H15ClFN3O3. The van der Waals surface area contributed by atoms with Gasteiger partial charge in [0.15, 0.2) is 11.6 Å². The maximum absolute atomic E-state index is 14.6. The third kappa shape index (κ3) is 3.86. The molecule has 0 unspecified atom stereocenters. The van der Waals surface area contributed by atoms with Crippen molar-refractivity contribution in [2.75, 3.05) is 12.4 Å². The summed E-state index contributed by atoms with van der Waals surface area (Å²) < 4.78 is 25.4. The number of rotatable bonds is 5. The minimum absolute atomic E-state index is 0.0250. The van der Waals surface area contributed by atoms with Gasteiger partial charge in [-0.15, -0.1) is 0 Å². The predicted octanol–water partition coefficient (Wildman–Crippen LogP) is 5.41. The van der Waals surface area contributed by atoms with Crippen molar-refractivity contribution in [2.45, 2.75) is 0 Å². The highest BCUT2D eigenvalue weighted by Crippen LogP contribution is 2.31. The van der Waals surface area contributed by atoms with Gasteiger partial charge < -0.3 is 19.8 Å². The Balaban J connectivity index is 1.55. The number of halogens is 2. The van der Waals surface area contributed by atoms with Crippen LogP contribution < -0.4 is 14.8 Å². The van der Waals surface area contributed by atoms with Gasteiger partial charge in [-0.3, -0.25) is 4.79 Å². The van der Waals surface area contributed by atoms with E-state index in [0.29, 0.717) is 22.2 Å². The molecule has 0 fully saturated rings. The zero-order valence-corrected chi connectivity index (χ0v) is 16.0. The lowest BCUT2D eigenvalue weighted by Gasteiger charge is -2.12. The van der Waals surface area contributed by atoms with Gasteiger partial charge in [-0.05, 0) is 42.5 Å².